The molecule has 6 nitrogen and oxygen atoms in total. The molecule has 1 aliphatic heterocycles. The number of carbonyl (C=O) groups is 2. The molecule has 1 fully saturated rings. The van der Waals surface area contributed by atoms with Gasteiger partial charge in [-0.3, -0.25) is 9.59 Å². The molecule has 0 aromatic heterocycles. The summed E-state index contributed by atoms with van der Waals surface area (Å²) >= 11 is 0. The molecule has 2 aromatic rings. The molecule has 0 bridgehead atoms. The molecule has 2 aromatic carbocycles. The fraction of sp³-hybridized carbons (Fsp3) is 0.391. The molecule has 1 saturated heterocycles. The molecule has 0 unspecified atom stereocenters. The molecule has 0 spiro atoms. The predicted molar refractivity (Wildman–Crippen MR) is 111 cm³/mol. The Hall–Kier alpha value is -3.09. The van der Waals surface area contributed by atoms with Crippen molar-refractivity contribution in [3.8, 4) is 11.5 Å². The van der Waals surface area contributed by atoms with Crippen LogP contribution >= 0.6 is 0 Å². The lowest BCUT2D eigenvalue weighted by Gasteiger charge is -2.30. The molecule has 30 heavy (non-hydrogen) atoms. The third-order valence-corrected chi connectivity index (χ3v) is 4.97. The van der Waals surface area contributed by atoms with E-state index < -0.39 is 6.04 Å². The third-order valence-electron chi connectivity index (χ3n) is 4.97. The molecular weight excluding hydrogens is 387 g/mol. The van der Waals surface area contributed by atoms with Crippen molar-refractivity contribution in [1.82, 2.24) is 10.2 Å². The number of hydrogen-bond donors (Lipinski definition) is 1. The van der Waals surface area contributed by atoms with E-state index in [0.717, 1.165) is 24.2 Å². The Morgan fingerprint density at radius 2 is 1.73 bits per heavy atom. The van der Waals surface area contributed by atoms with Gasteiger partial charge in [-0.2, -0.15) is 0 Å². The van der Waals surface area contributed by atoms with Crippen molar-refractivity contribution in [2.75, 3.05) is 19.8 Å². The van der Waals surface area contributed by atoms with Gasteiger partial charge in [-0.15, -0.1) is 0 Å². The summed E-state index contributed by atoms with van der Waals surface area (Å²) in [6.45, 7) is 3.17. The van der Waals surface area contributed by atoms with Gasteiger partial charge < -0.3 is 19.7 Å². The molecule has 0 radical (unpaired) electrons. The minimum absolute atomic E-state index is 0.145. The number of nitrogens with zero attached hydrogens (tertiary/aromatic N) is 1. The zero-order chi connectivity index (χ0) is 21.3. The van der Waals surface area contributed by atoms with Crippen LogP contribution in [0.1, 0.15) is 31.7 Å². The second-order valence-electron chi connectivity index (χ2n) is 7.14. The summed E-state index contributed by atoms with van der Waals surface area (Å²) in [5, 5.41) is 2.89. The topological polar surface area (TPSA) is 67.9 Å². The van der Waals surface area contributed by atoms with Gasteiger partial charge in [0.2, 0.25) is 5.91 Å². The lowest BCUT2D eigenvalue weighted by Crippen LogP contribution is -2.49. The van der Waals surface area contributed by atoms with Gasteiger partial charge >= 0.3 is 0 Å². The van der Waals surface area contributed by atoms with E-state index in [0.29, 0.717) is 25.3 Å². The molecule has 0 aliphatic carbocycles. The van der Waals surface area contributed by atoms with E-state index in [-0.39, 0.29) is 30.8 Å². The normalized spacial score (nSPS) is 16.3. The lowest BCUT2D eigenvalue weighted by atomic mass is 10.1. The number of hydrogen-bond acceptors (Lipinski definition) is 4. The average Bonchev–Trinajstić information content (AvgIpc) is 2.97. The Morgan fingerprint density at radius 3 is 2.43 bits per heavy atom. The maximum absolute atomic E-state index is 13.1. The smallest absolute Gasteiger partial charge is 0.261 e. The van der Waals surface area contributed by atoms with Crippen molar-refractivity contribution in [1.29, 1.82) is 0 Å². The monoisotopic (exact) mass is 414 g/mol. The maximum atomic E-state index is 13.1. The molecule has 1 heterocycles. The van der Waals surface area contributed by atoms with Crippen molar-refractivity contribution in [3.63, 3.8) is 0 Å². The van der Waals surface area contributed by atoms with E-state index in [1.54, 1.807) is 4.90 Å². The van der Waals surface area contributed by atoms with E-state index >= 15 is 0 Å². The summed E-state index contributed by atoms with van der Waals surface area (Å²) in [5.74, 6) is 0.340. The number of rotatable bonds is 8. The highest BCUT2D eigenvalue weighted by molar-refractivity contribution is 5.88. The largest absolute Gasteiger partial charge is 0.494 e. The van der Waals surface area contributed by atoms with Crippen molar-refractivity contribution in [3.05, 3.63) is 59.9 Å². The van der Waals surface area contributed by atoms with Gasteiger partial charge in [0.1, 0.15) is 23.4 Å². The van der Waals surface area contributed by atoms with Crippen LogP contribution in [0, 0.1) is 5.82 Å². The highest BCUT2D eigenvalue weighted by atomic mass is 19.1. The number of ether oxygens (including phenoxy) is 2. The summed E-state index contributed by atoms with van der Waals surface area (Å²) in [6.07, 6.45) is 2.35. The molecule has 3 rings (SSSR count). The van der Waals surface area contributed by atoms with Crippen LogP contribution in [0.3, 0.4) is 0 Å². The van der Waals surface area contributed by atoms with E-state index in [9.17, 15) is 14.0 Å². The summed E-state index contributed by atoms with van der Waals surface area (Å²) < 4.78 is 24.1. The minimum atomic E-state index is -0.552. The molecule has 1 N–H and O–H groups in total. The molecule has 7 heteroatoms. The van der Waals surface area contributed by atoms with Crippen LogP contribution in [-0.4, -0.2) is 42.5 Å². The molecule has 1 aliphatic rings. The molecule has 1 atom stereocenters. The van der Waals surface area contributed by atoms with Gasteiger partial charge in [-0.25, -0.2) is 4.39 Å². The zero-order valence-electron chi connectivity index (χ0n) is 17.1. The van der Waals surface area contributed by atoms with Gasteiger partial charge in [0, 0.05) is 13.1 Å². The van der Waals surface area contributed by atoms with Gasteiger partial charge in [0.15, 0.2) is 6.61 Å². The number of nitrogens with one attached hydrogen (secondary N) is 1. The van der Waals surface area contributed by atoms with Crippen LogP contribution < -0.4 is 14.8 Å². The van der Waals surface area contributed by atoms with Crippen LogP contribution in [0.5, 0.6) is 11.5 Å². The van der Waals surface area contributed by atoms with Crippen LogP contribution in [-0.2, 0) is 16.1 Å². The summed E-state index contributed by atoms with van der Waals surface area (Å²) in [4.78, 5) is 27.2. The Balaban J connectivity index is 1.74. The van der Waals surface area contributed by atoms with Crippen molar-refractivity contribution in [2.45, 2.75) is 38.8 Å². The Labute approximate surface area is 176 Å². The van der Waals surface area contributed by atoms with Gasteiger partial charge in [0.05, 0.1) is 6.61 Å². The number of amides is 2. The van der Waals surface area contributed by atoms with Crippen molar-refractivity contribution >= 4 is 11.8 Å². The first-order valence-electron chi connectivity index (χ1n) is 10.2. The third kappa shape index (κ3) is 5.95. The SMILES string of the molecule is CCOc1ccc(CN(C(=O)COc2ccc(F)cc2)[C@H]2CCCCNC2=O)cc1. The Morgan fingerprint density at radius 1 is 1.07 bits per heavy atom. The number of halogens is 1. The van der Waals surface area contributed by atoms with Gasteiger partial charge in [-0.1, -0.05) is 12.1 Å². The van der Waals surface area contributed by atoms with Crippen LogP contribution in [0.2, 0.25) is 0 Å². The lowest BCUT2D eigenvalue weighted by molar-refractivity contribution is -0.142. The van der Waals surface area contributed by atoms with Crippen molar-refractivity contribution in [2.24, 2.45) is 0 Å². The Kier molecular flexibility index (Phi) is 7.65. The first-order chi connectivity index (χ1) is 14.6. The van der Waals surface area contributed by atoms with Gasteiger partial charge in [-0.05, 0) is 68.1 Å². The van der Waals surface area contributed by atoms with E-state index in [1.807, 2.05) is 31.2 Å². The van der Waals surface area contributed by atoms with Crippen LogP contribution in [0.4, 0.5) is 4.39 Å². The highest BCUT2D eigenvalue weighted by Crippen LogP contribution is 2.19. The predicted octanol–water partition coefficient (Wildman–Crippen LogP) is 3.30. The van der Waals surface area contributed by atoms with Crippen LogP contribution in [0.25, 0.3) is 0 Å². The Bertz CT molecular complexity index is 839. The summed E-state index contributed by atoms with van der Waals surface area (Å²) in [7, 11) is 0. The zero-order valence-corrected chi connectivity index (χ0v) is 17.1. The molecule has 2 amide bonds. The minimum Gasteiger partial charge on any atom is -0.494 e. The number of carbonyl (C=O) groups excluding carboxylic acids is 2. The first-order valence-corrected chi connectivity index (χ1v) is 10.2. The fourth-order valence-corrected chi connectivity index (χ4v) is 3.41. The second kappa shape index (κ2) is 10.6. The fourth-order valence-electron chi connectivity index (χ4n) is 3.41. The van der Waals surface area contributed by atoms with E-state index in [4.69, 9.17) is 9.47 Å². The summed E-state index contributed by atoms with van der Waals surface area (Å²) in [6, 6.07) is 12.4. The van der Waals surface area contributed by atoms with Crippen LogP contribution in [0.15, 0.2) is 48.5 Å². The number of benzene rings is 2. The molecular formula is C23H27FN2O4. The maximum Gasteiger partial charge on any atom is 0.261 e. The van der Waals surface area contributed by atoms with Crippen molar-refractivity contribution < 1.29 is 23.5 Å². The summed E-state index contributed by atoms with van der Waals surface area (Å²) in [5.41, 5.74) is 0.894. The van der Waals surface area contributed by atoms with E-state index in [2.05, 4.69) is 5.32 Å². The van der Waals surface area contributed by atoms with Gasteiger partial charge in [0.25, 0.3) is 5.91 Å². The molecule has 160 valence electrons. The second-order valence-corrected chi connectivity index (χ2v) is 7.14. The first kappa shape index (κ1) is 21.6. The standard InChI is InChI=1S/C23H27FN2O4/c1-2-29-19-10-6-17(7-11-19)15-26(21-5-3-4-14-25-23(21)28)22(27)16-30-20-12-8-18(24)9-13-20/h6-13,21H,2-5,14-16H2,1H3,(H,25,28)/t21-/m0/s1. The molecule has 0 saturated carbocycles. The average molecular weight is 414 g/mol. The highest BCUT2D eigenvalue weighted by Gasteiger charge is 2.31. The van der Waals surface area contributed by atoms with E-state index in [1.165, 1.54) is 24.3 Å². The quantitative estimate of drug-likeness (QED) is 0.720.